The van der Waals surface area contributed by atoms with Crippen LogP contribution in [0.25, 0.3) is 5.69 Å². The van der Waals surface area contributed by atoms with Gasteiger partial charge in [0.05, 0.1) is 17.4 Å². The number of dihydropyridines is 1. The summed E-state index contributed by atoms with van der Waals surface area (Å²) in [6, 6.07) is 8.67. The van der Waals surface area contributed by atoms with Crippen LogP contribution in [0.3, 0.4) is 0 Å². The molecule has 3 aliphatic rings. The monoisotopic (exact) mass is 404 g/mol. The lowest BCUT2D eigenvalue weighted by atomic mass is 9.86. The lowest BCUT2D eigenvalue weighted by Gasteiger charge is -2.29. The average Bonchev–Trinajstić information content (AvgIpc) is 3.52. The summed E-state index contributed by atoms with van der Waals surface area (Å²) in [4.78, 5) is 25.1. The fourth-order valence-electron chi connectivity index (χ4n) is 4.70. The van der Waals surface area contributed by atoms with Gasteiger partial charge in [0.25, 0.3) is 5.56 Å². The molecule has 2 unspecified atom stereocenters. The number of benzene rings is 1. The van der Waals surface area contributed by atoms with Crippen LogP contribution < -0.4 is 5.56 Å². The van der Waals surface area contributed by atoms with Crippen LogP contribution in [0, 0.1) is 5.92 Å². The van der Waals surface area contributed by atoms with Crippen LogP contribution in [0.1, 0.15) is 50.4 Å². The molecular formula is C25H32N4O. The van der Waals surface area contributed by atoms with E-state index in [0.717, 1.165) is 48.3 Å². The van der Waals surface area contributed by atoms with Crippen LogP contribution in [0.15, 0.2) is 51.6 Å². The van der Waals surface area contributed by atoms with Gasteiger partial charge in [0.15, 0.2) is 0 Å². The van der Waals surface area contributed by atoms with Gasteiger partial charge in [-0.1, -0.05) is 39.3 Å². The Balaban J connectivity index is 0.00000106. The number of aryl methyl sites for hydroxylation is 1. The number of aliphatic imine (C=N–C) groups is 1. The van der Waals surface area contributed by atoms with E-state index in [-0.39, 0.29) is 5.56 Å². The Morgan fingerprint density at radius 3 is 2.53 bits per heavy atom. The van der Waals surface area contributed by atoms with Gasteiger partial charge in [-0.2, -0.15) is 0 Å². The minimum absolute atomic E-state index is 0.0410. The highest BCUT2D eigenvalue weighted by Gasteiger charge is 2.47. The molecule has 2 heterocycles. The molecule has 1 aliphatic heterocycles. The minimum atomic E-state index is 0.0410. The third kappa shape index (κ3) is 3.51. The van der Waals surface area contributed by atoms with Gasteiger partial charge in [-0.25, -0.2) is 4.98 Å². The molecule has 0 amide bonds. The van der Waals surface area contributed by atoms with Crippen LogP contribution in [0.5, 0.6) is 0 Å². The number of allylic oxidation sites excluding steroid dienone is 1. The maximum atomic E-state index is 13.2. The summed E-state index contributed by atoms with van der Waals surface area (Å²) in [7, 11) is 4.23. The molecule has 0 N–H and O–H groups in total. The summed E-state index contributed by atoms with van der Waals surface area (Å²) in [5.74, 6) is 0.567. The van der Waals surface area contributed by atoms with E-state index in [1.165, 1.54) is 16.8 Å². The van der Waals surface area contributed by atoms with E-state index in [1.807, 2.05) is 26.0 Å². The molecule has 5 rings (SSSR count). The molecule has 1 aromatic heterocycles. The van der Waals surface area contributed by atoms with Gasteiger partial charge in [-0.15, -0.1) is 0 Å². The normalized spacial score (nSPS) is 20.9. The fraction of sp³-hybridized carbons (Fsp3) is 0.480. The molecule has 5 nitrogen and oxygen atoms in total. The maximum absolute atomic E-state index is 13.2. The standard InChI is InChI=1S/C23H26N4O.C2H6/c1-4-5-14-6-8-15(9-7-14)27-13-24-19-10-16-21(12-18(19)23(27)28)25-20-11-17(20)22(16)26(2)3;1-2/h6-9,13,17,20H,4-5,10-12H2,1-3H3;1-2H3. The van der Waals surface area contributed by atoms with Gasteiger partial charge in [0.2, 0.25) is 0 Å². The van der Waals surface area contributed by atoms with E-state index in [1.54, 1.807) is 10.9 Å². The van der Waals surface area contributed by atoms with Gasteiger partial charge in [-0.3, -0.25) is 14.4 Å². The summed E-state index contributed by atoms with van der Waals surface area (Å²) in [5, 5.41) is 0. The summed E-state index contributed by atoms with van der Waals surface area (Å²) in [6.45, 7) is 6.17. The zero-order chi connectivity index (χ0) is 21.4. The first-order valence-electron chi connectivity index (χ1n) is 11.2. The van der Waals surface area contributed by atoms with E-state index in [4.69, 9.17) is 9.98 Å². The molecule has 1 aromatic carbocycles. The van der Waals surface area contributed by atoms with Crippen molar-refractivity contribution < 1.29 is 0 Å². The first-order valence-corrected chi connectivity index (χ1v) is 11.2. The largest absolute Gasteiger partial charge is 0.380 e. The molecular weight excluding hydrogens is 372 g/mol. The van der Waals surface area contributed by atoms with Crippen molar-refractivity contribution in [2.45, 2.75) is 58.9 Å². The zero-order valence-electron chi connectivity index (χ0n) is 18.8. The van der Waals surface area contributed by atoms with Crippen molar-refractivity contribution in [3.8, 4) is 5.69 Å². The molecule has 158 valence electrons. The molecule has 2 atom stereocenters. The van der Waals surface area contributed by atoms with E-state index >= 15 is 0 Å². The van der Waals surface area contributed by atoms with Gasteiger partial charge < -0.3 is 4.90 Å². The van der Waals surface area contributed by atoms with Crippen LogP contribution in [0.4, 0.5) is 0 Å². The minimum Gasteiger partial charge on any atom is -0.380 e. The first-order chi connectivity index (χ1) is 14.6. The number of fused-ring (bicyclic) bond motifs is 3. The highest BCUT2D eigenvalue weighted by Crippen LogP contribution is 2.47. The predicted molar refractivity (Wildman–Crippen MR) is 123 cm³/mol. The maximum Gasteiger partial charge on any atom is 0.261 e. The third-order valence-electron chi connectivity index (χ3n) is 6.16. The van der Waals surface area contributed by atoms with Crippen LogP contribution in [0.2, 0.25) is 0 Å². The van der Waals surface area contributed by atoms with Gasteiger partial charge in [0, 0.05) is 49.8 Å². The number of nitrogens with zero attached hydrogens (tertiary/aromatic N) is 4. The molecule has 1 saturated carbocycles. The van der Waals surface area contributed by atoms with E-state index in [9.17, 15) is 4.79 Å². The van der Waals surface area contributed by atoms with Crippen molar-refractivity contribution in [1.82, 2.24) is 14.5 Å². The Bertz CT molecular complexity index is 1060. The van der Waals surface area contributed by atoms with Crippen molar-refractivity contribution in [3.05, 3.63) is 69.0 Å². The van der Waals surface area contributed by atoms with Crippen molar-refractivity contribution in [2.24, 2.45) is 10.9 Å². The second-order valence-electron chi connectivity index (χ2n) is 8.36. The smallest absolute Gasteiger partial charge is 0.261 e. The Morgan fingerprint density at radius 1 is 1.13 bits per heavy atom. The number of rotatable bonds is 4. The van der Waals surface area contributed by atoms with Gasteiger partial charge in [-0.05, 0) is 36.1 Å². The topological polar surface area (TPSA) is 50.5 Å². The van der Waals surface area contributed by atoms with Crippen molar-refractivity contribution in [2.75, 3.05) is 14.1 Å². The highest BCUT2D eigenvalue weighted by atomic mass is 16.1. The van der Waals surface area contributed by atoms with E-state index in [2.05, 4.69) is 38.1 Å². The van der Waals surface area contributed by atoms with E-state index in [0.29, 0.717) is 18.4 Å². The predicted octanol–water partition coefficient (Wildman–Crippen LogP) is 3.97. The molecule has 2 aliphatic carbocycles. The lowest BCUT2D eigenvalue weighted by Crippen LogP contribution is -2.34. The molecule has 0 radical (unpaired) electrons. The highest BCUT2D eigenvalue weighted by molar-refractivity contribution is 6.05. The lowest BCUT2D eigenvalue weighted by molar-refractivity contribution is 0.465. The van der Waals surface area contributed by atoms with Gasteiger partial charge >= 0.3 is 0 Å². The second-order valence-corrected chi connectivity index (χ2v) is 8.36. The van der Waals surface area contributed by atoms with Crippen molar-refractivity contribution in [3.63, 3.8) is 0 Å². The quantitative estimate of drug-likeness (QED) is 0.775. The SMILES string of the molecule is CC.CCCc1ccc(-n2cnc3c(c2=O)CC2=NC4CC4C(N(C)C)=C2C3)cc1. The molecule has 2 aromatic rings. The first kappa shape index (κ1) is 20.6. The molecule has 0 bridgehead atoms. The van der Waals surface area contributed by atoms with Gasteiger partial charge in [0.1, 0.15) is 6.33 Å². The molecule has 1 fully saturated rings. The Kier molecular flexibility index (Phi) is 5.63. The second kappa shape index (κ2) is 8.21. The van der Waals surface area contributed by atoms with Crippen LogP contribution in [-0.2, 0) is 19.3 Å². The fourth-order valence-corrected chi connectivity index (χ4v) is 4.70. The summed E-state index contributed by atoms with van der Waals surface area (Å²) in [5.41, 5.74) is 7.73. The van der Waals surface area contributed by atoms with Crippen LogP contribution in [-0.4, -0.2) is 40.3 Å². The Labute approximate surface area is 179 Å². The Morgan fingerprint density at radius 2 is 1.87 bits per heavy atom. The summed E-state index contributed by atoms with van der Waals surface area (Å²) >= 11 is 0. The molecule has 30 heavy (non-hydrogen) atoms. The van der Waals surface area contributed by atoms with Crippen molar-refractivity contribution >= 4 is 5.71 Å². The average molecular weight is 405 g/mol. The summed E-state index contributed by atoms with van der Waals surface area (Å²) in [6.07, 6.45) is 6.33. The molecule has 5 heteroatoms. The zero-order valence-corrected chi connectivity index (χ0v) is 18.8. The van der Waals surface area contributed by atoms with Crippen LogP contribution >= 0.6 is 0 Å². The summed E-state index contributed by atoms with van der Waals surface area (Å²) < 4.78 is 1.68. The Hall–Kier alpha value is -2.69. The number of hydrogen-bond donors (Lipinski definition) is 0. The van der Waals surface area contributed by atoms with E-state index < -0.39 is 0 Å². The number of hydrogen-bond acceptors (Lipinski definition) is 4. The van der Waals surface area contributed by atoms with Crippen molar-refractivity contribution in [1.29, 1.82) is 0 Å². The number of aromatic nitrogens is 2. The molecule has 0 saturated heterocycles. The molecule has 0 spiro atoms. The third-order valence-corrected chi connectivity index (χ3v) is 6.16.